The SMILES string of the molecule is CCOC(CCOC(=O)C(C)C)OCC. The summed E-state index contributed by atoms with van der Waals surface area (Å²) >= 11 is 0. The van der Waals surface area contributed by atoms with Gasteiger partial charge in [0.15, 0.2) is 6.29 Å². The quantitative estimate of drug-likeness (QED) is 0.461. The maximum Gasteiger partial charge on any atom is 0.308 e. The summed E-state index contributed by atoms with van der Waals surface area (Å²) in [6, 6.07) is 0. The van der Waals surface area contributed by atoms with Gasteiger partial charge in [0, 0.05) is 19.6 Å². The minimum absolute atomic E-state index is 0.0809. The average Bonchev–Trinajstić information content (AvgIpc) is 2.18. The molecule has 0 spiro atoms. The van der Waals surface area contributed by atoms with Gasteiger partial charge in [-0.05, 0) is 13.8 Å². The third-order valence-electron chi connectivity index (χ3n) is 1.77. The molecule has 0 heterocycles. The first-order chi connectivity index (χ1) is 7.11. The van der Waals surface area contributed by atoms with E-state index in [0.29, 0.717) is 26.2 Å². The Kier molecular flexibility index (Phi) is 8.33. The maximum absolute atomic E-state index is 11.1. The van der Waals surface area contributed by atoms with Gasteiger partial charge in [-0.25, -0.2) is 0 Å². The van der Waals surface area contributed by atoms with E-state index in [0.717, 1.165) is 0 Å². The lowest BCUT2D eigenvalue weighted by molar-refractivity contribution is -0.160. The Morgan fingerprint density at radius 1 is 1.13 bits per heavy atom. The number of esters is 1. The summed E-state index contributed by atoms with van der Waals surface area (Å²) in [5, 5.41) is 0. The van der Waals surface area contributed by atoms with Crippen LogP contribution in [0.5, 0.6) is 0 Å². The molecule has 90 valence electrons. The molecule has 0 aromatic carbocycles. The Labute approximate surface area is 91.9 Å². The Morgan fingerprint density at radius 3 is 2.07 bits per heavy atom. The second-order valence-electron chi connectivity index (χ2n) is 3.45. The number of hydrogen-bond acceptors (Lipinski definition) is 4. The van der Waals surface area contributed by atoms with Gasteiger partial charge in [0.05, 0.1) is 12.5 Å². The summed E-state index contributed by atoms with van der Waals surface area (Å²) in [6.07, 6.45) is 0.320. The van der Waals surface area contributed by atoms with Gasteiger partial charge >= 0.3 is 5.97 Å². The van der Waals surface area contributed by atoms with Crippen LogP contribution in [0, 0.1) is 5.92 Å². The molecule has 0 rings (SSSR count). The van der Waals surface area contributed by atoms with Gasteiger partial charge in [-0.15, -0.1) is 0 Å². The van der Waals surface area contributed by atoms with Crippen LogP contribution >= 0.6 is 0 Å². The minimum Gasteiger partial charge on any atom is -0.465 e. The van der Waals surface area contributed by atoms with Crippen molar-refractivity contribution in [3.05, 3.63) is 0 Å². The smallest absolute Gasteiger partial charge is 0.308 e. The number of hydrogen-bond donors (Lipinski definition) is 0. The Hall–Kier alpha value is -0.610. The van der Waals surface area contributed by atoms with Gasteiger partial charge in [-0.3, -0.25) is 4.79 Å². The van der Waals surface area contributed by atoms with Crippen LogP contribution < -0.4 is 0 Å². The molecule has 0 bridgehead atoms. The van der Waals surface area contributed by atoms with E-state index in [9.17, 15) is 4.79 Å². The number of carbonyl (C=O) groups is 1. The van der Waals surface area contributed by atoms with Crippen molar-refractivity contribution in [1.82, 2.24) is 0 Å². The topological polar surface area (TPSA) is 44.8 Å². The summed E-state index contributed by atoms with van der Waals surface area (Å²) in [6.45, 7) is 8.99. The van der Waals surface area contributed by atoms with Gasteiger partial charge in [0.25, 0.3) is 0 Å². The molecular formula is C11H22O4. The lowest BCUT2D eigenvalue weighted by Gasteiger charge is -2.16. The molecule has 0 amide bonds. The summed E-state index contributed by atoms with van der Waals surface area (Å²) in [7, 11) is 0. The van der Waals surface area contributed by atoms with Crippen LogP contribution in [-0.4, -0.2) is 32.1 Å². The van der Waals surface area contributed by atoms with Gasteiger partial charge in [-0.2, -0.15) is 0 Å². The van der Waals surface area contributed by atoms with E-state index >= 15 is 0 Å². The van der Waals surface area contributed by atoms with Gasteiger partial charge in [0.1, 0.15) is 0 Å². The number of ether oxygens (including phenoxy) is 3. The molecule has 0 aliphatic carbocycles. The third-order valence-corrected chi connectivity index (χ3v) is 1.77. The first-order valence-corrected chi connectivity index (χ1v) is 5.51. The van der Waals surface area contributed by atoms with Gasteiger partial charge in [0.2, 0.25) is 0 Å². The van der Waals surface area contributed by atoms with Crippen molar-refractivity contribution in [2.75, 3.05) is 19.8 Å². The Balaban J connectivity index is 3.65. The molecule has 0 radical (unpaired) electrons. The number of carbonyl (C=O) groups excluding carboxylic acids is 1. The average molecular weight is 218 g/mol. The number of rotatable bonds is 8. The van der Waals surface area contributed by atoms with Crippen LogP contribution in [0.1, 0.15) is 34.1 Å². The van der Waals surface area contributed by atoms with E-state index in [-0.39, 0.29) is 18.2 Å². The van der Waals surface area contributed by atoms with E-state index < -0.39 is 0 Å². The highest BCUT2D eigenvalue weighted by Crippen LogP contribution is 2.03. The Morgan fingerprint density at radius 2 is 1.67 bits per heavy atom. The molecule has 0 aliphatic heterocycles. The van der Waals surface area contributed by atoms with Crippen molar-refractivity contribution < 1.29 is 19.0 Å². The van der Waals surface area contributed by atoms with Crippen LogP contribution in [0.4, 0.5) is 0 Å². The Bertz CT molecular complexity index is 162. The molecule has 0 aliphatic rings. The van der Waals surface area contributed by atoms with Crippen LogP contribution in [0.25, 0.3) is 0 Å². The molecule has 0 N–H and O–H groups in total. The van der Waals surface area contributed by atoms with Gasteiger partial charge in [-0.1, -0.05) is 13.8 Å². The van der Waals surface area contributed by atoms with Crippen LogP contribution in [0.2, 0.25) is 0 Å². The predicted molar refractivity (Wildman–Crippen MR) is 57.5 cm³/mol. The van der Waals surface area contributed by atoms with E-state index in [1.807, 2.05) is 27.7 Å². The monoisotopic (exact) mass is 218 g/mol. The predicted octanol–water partition coefficient (Wildman–Crippen LogP) is 1.97. The van der Waals surface area contributed by atoms with Crippen LogP contribution in [-0.2, 0) is 19.0 Å². The fourth-order valence-electron chi connectivity index (χ4n) is 1.01. The fourth-order valence-corrected chi connectivity index (χ4v) is 1.01. The maximum atomic E-state index is 11.1. The van der Waals surface area contributed by atoms with Crippen molar-refractivity contribution in [3.63, 3.8) is 0 Å². The zero-order valence-electron chi connectivity index (χ0n) is 10.1. The molecule has 0 fully saturated rings. The first kappa shape index (κ1) is 14.4. The molecule has 0 unspecified atom stereocenters. The van der Waals surface area contributed by atoms with Crippen molar-refractivity contribution >= 4 is 5.97 Å². The second-order valence-corrected chi connectivity index (χ2v) is 3.45. The molecule has 15 heavy (non-hydrogen) atoms. The van der Waals surface area contributed by atoms with E-state index in [1.165, 1.54) is 0 Å². The second kappa shape index (κ2) is 8.68. The minimum atomic E-state index is -0.264. The zero-order valence-corrected chi connectivity index (χ0v) is 10.1. The normalized spacial score (nSPS) is 11.1. The first-order valence-electron chi connectivity index (χ1n) is 5.51. The highest BCUT2D eigenvalue weighted by molar-refractivity contribution is 5.71. The van der Waals surface area contributed by atoms with Crippen molar-refractivity contribution in [1.29, 1.82) is 0 Å². The largest absolute Gasteiger partial charge is 0.465 e. The highest BCUT2D eigenvalue weighted by Gasteiger charge is 2.11. The lowest BCUT2D eigenvalue weighted by Crippen LogP contribution is -2.21. The summed E-state index contributed by atoms with van der Waals surface area (Å²) in [5.41, 5.74) is 0. The molecule has 4 heteroatoms. The fraction of sp³-hybridized carbons (Fsp3) is 0.909. The van der Waals surface area contributed by atoms with Crippen molar-refractivity contribution in [2.24, 2.45) is 5.92 Å². The molecule has 4 nitrogen and oxygen atoms in total. The molecule has 0 saturated carbocycles. The van der Waals surface area contributed by atoms with Gasteiger partial charge < -0.3 is 14.2 Å². The van der Waals surface area contributed by atoms with Crippen LogP contribution in [0.3, 0.4) is 0 Å². The summed E-state index contributed by atoms with van der Waals surface area (Å²) in [4.78, 5) is 11.1. The van der Waals surface area contributed by atoms with Crippen molar-refractivity contribution in [3.8, 4) is 0 Å². The van der Waals surface area contributed by atoms with Crippen LogP contribution in [0.15, 0.2) is 0 Å². The molecular weight excluding hydrogens is 196 g/mol. The van der Waals surface area contributed by atoms with E-state index in [4.69, 9.17) is 14.2 Å². The standard InChI is InChI=1S/C11H22O4/c1-5-13-10(14-6-2)7-8-15-11(12)9(3)4/h9-10H,5-8H2,1-4H3. The molecule has 0 aromatic rings. The molecule has 0 aromatic heterocycles. The lowest BCUT2D eigenvalue weighted by atomic mass is 10.2. The highest BCUT2D eigenvalue weighted by atomic mass is 16.7. The molecule has 0 atom stereocenters. The van der Waals surface area contributed by atoms with E-state index in [2.05, 4.69) is 0 Å². The van der Waals surface area contributed by atoms with Crippen molar-refractivity contribution in [2.45, 2.75) is 40.4 Å². The zero-order chi connectivity index (χ0) is 11.7. The summed E-state index contributed by atoms with van der Waals surface area (Å²) < 4.78 is 15.6. The summed E-state index contributed by atoms with van der Waals surface area (Å²) in [5.74, 6) is -0.260. The van der Waals surface area contributed by atoms with E-state index in [1.54, 1.807) is 0 Å². The molecule has 0 saturated heterocycles. The third kappa shape index (κ3) is 7.33.